The van der Waals surface area contributed by atoms with Gasteiger partial charge in [0.15, 0.2) is 0 Å². The first-order valence-corrected chi connectivity index (χ1v) is 5.33. The summed E-state index contributed by atoms with van der Waals surface area (Å²) in [7, 11) is 0. The minimum Gasteiger partial charge on any atom is -0.397 e. The number of carbonyl (C=O) groups excluding carboxylic acids is 1. The zero-order valence-electron chi connectivity index (χ0n) is 9.76. The molecule has 94 valence electrons. The Hall–Kier alpha value is -1.66. The number of rotatable bonds is 5. The van der Waals surface area contributed by atoms with E-state index in [1.165, 1.54) is 11.1 Å². The van der Waals surface area contributed by atoms with E-state index in [9.17, 15) is 4.79 Å². The Bertz CT molecular complexity index is 390. The van der Waals surface area contributed by atoms with Crippen LogP contribution in [0.4, 0.5) is 5.69 Å². The van der Waals surface area contributed by atoms with Crippen LogP contribution >= 0.6 is 0 Å². The first-order chi connectivity index (χ1) is 8.10. The second-order valence-electron chi connectivity index (χ2n) is 3.64. The highest BCUT2D eigenvalue weighted by molar-refractivity contribution is 5.96. The lowest BCUT2D eigenvalue weighted by molar-refractivity contribution is 0.0683. The van der Waals surface area contributed by atoms with Gasteiger partial charge in [-0.2, -0.15) is 0 Å². The molecular formula is C11H17N3O3. The average Bonchev–Trinajstić information content (AvgIpc) is 2.31. The third-order valence-electron chi connectivity index (χ3n) is 2.37. The molecule has 0 aliphatic rings. The van der Waals surface area contributed by atoms with Gasteiger partial charge < -0.3 is 20.8 Å². The van der Waals surface area contributed by atoms with Crippen molar-refractivity contribution >= 4 is 11.6 Å². The quantitative estimate of drug-likeness (QED) is 0.637. The number of nitrogens with two attached hydrogens (primary N) is 1. The van der Waals surface area contributed by atoms with Crippen molar-refractivity contribution in [3.63, 3.8) is 0 Å². The topological polar surface area (TPSA) is 99.7 Å². The van der Waals surface area contributed by atoms with Crippen LogP contribution in [0.15, 0.2) is 12.3 Å². The Balaban J connectivity index is 2.95. The lowest BCUT2D eigenvalue weighted by Crippen LogP contribution is -2.36. The number of amides is 1. The fourth-order valence-corrected chi connectivity index (χ4v) is 1.49. The van der Waals surface area contributed by atoms with Gasteiger partial charge in [-0.1, -0.05) is 0 Å². The molecular weight excluding hydrogens is 222 g/mol. The number of pyridine rings is 1. The molecule has 1 rings (SSSR count). The van der Waals surface area contributed by atoms with Gasteiger partial charge in [0.2, 0.25) is 0 Å². The number of aliphatic hydroxyl groups excluding tert-OH is 2. The van der Waals surface area contributed by atoms with E-state index in [-0.39, 0.29) is 32.2 Å². The van der Waals surface area contributed by atoms with Crippen molar-refractivity contribution in [2.24, 2.45) is 0 Å². The minimum atomic E-state index is -0.287. The van der Waals surface area contributed by atoms with E-state index in [0.29, 0.717) is 16.9 Å². The number of aryl methyl sites for hydroxylation is 1. The SMILES string of the molecule is Cc1ncc(N)cc1C(=O)N(CCO)CCO. The molecule has 0 spiro atoms. The molecule has 17 heavy (non-hydrogen) atoms. The van der Waals surface area contributed by atoms with E-state index in [2.05, 4.69) is 4.98 Å². The molecule has 0 bridgehead atoms. The van der Waals surface area contributed by atoms with Crippen molar-refractivity contribution in [1.82, 2.24) is 9.88 Å². The predicted molar refractivity (Wildman–Crippen MR) is 63.5 cm³/mol. The number of hydrogen-bond donors (Lipinski definition) is 3. The highest BCUT2D eigenvalue weighted by Gasteiger charge is 2.17. The molecule has 0 aliphatic carbocycles. The Morgan fingerprint density at radius 2 is 2.00 bits per heavy atom. The van der Waals surface area contributed by atoms with E-state index >= 15 is 0 Å². The Morgan fingerprint density at radius 1 is 1.41 bits per heavy atom. The highest BCUT2D eigenvalue weighted by Crippen LogP contribution is 2.12. The van der Waals surface area contributed by atoms with Gasteiger partial charge in [-0.05, 0) is 13.0 Å². The van der Waals surface area contributed by atoms with Crippen LogP contribution < -0.4 is 5.73 Å². The second-order valence-corrected chi connectivity index (χ2v) is 3.64. The zero-order chi connectivity index (χ0) is 12.8. The van der Waals surface area contributed by atoms with E-state index in [4.69, 9.17) is 15.9 Å². The summed E-state index contributed by atoms with van der Waals surface area (Å²) in [6, 6.07) is 1.55. The highest BCUT2D eigenvalue weighted by atomic mass is 16.3. The Morgan fingerprint density at radius 3 is 2.53 bits per heavy atom. The molecule has 6 heteroatoms. The third kappa shape index (κ3) is 3.40. The summed E-state index contributed by atoms with van der Waals surface area (Å²) >= 11 is 0. The average molecular weight is 239 g/mol. The molecule has 0 saturated carbocycles. The van der Waals surface area contributed by atoms with Crippen LogP contribution in [0.3, 0.4) is 0 Å². The van der Waals surface area contributed by atoms with Crippen LogP contribution in [-0.2, 0) is 0 Å². The van der Waals surface area contributed by atoms with Gasteiger partial charge in [-0.25, -0.2) is 0 Å². The number of nitrogens with zero attached hydrogens (tertiary/aromatic N) is 2. The maximum Gasteiger partial charge on any atom is 0.255 e. The molecule has 0 atom stereocenters. The standard InChI is InChI=1S/C11H17N3O3/c1-8-10(6-9(12)7-13-8)11(17)14(2-4-15)3-5-16/h6-7,15-16H,2-5,12H2,1H3. The largest absolute Gasteiger partial charge is 0.397 e. The number of aromatic nitrogens is 1. The molecule has 4 N–H and O–H groups in total. The molecule has 0 saturated heterocycles. The Kier molecular flexibility index (Phi) is 4.86. The van der Waals surface area contributed by atoms with E-state index in [1.807, 2.05) is 0 Å². The normalized spacial score (nSPS) is 10.3. The fraction of sp³-hybridized carbons (Fsp3) is 0.455. The summed E-state index contributed by atoms with van der Waals surface area (Å²) < 4.78 is 0. The van der Waals surface area contributed by atoms with Crippen LogP contribution in [0.25, 0.3) is 0 Å². The summed E-state index contributed by atoms with van der Waals surface area (Å²) in [6.07, 6.45) is 1.48. The minimum absolute atomic E-state index is 0.152. The number of hydrogen-bond acceptors (Lipinski definition) is 5. The summed E-state index contributed by atoms with van der Waals surface area (Å²) in [5.41, 5.74) is 6.96. The molecule has 6 nitrogen and oxygen atoms in total. The number of anilines is 1. The molecule has 0 aliphatic heterocycles. The zero-order valence-corrected chi connectivity index (χ0v) is 9.76. The number of carbonyl (C=O) groups is 1. The Labute approximate surface area is 99.7 Å². The van der Waals surface area contributed by atoms with Crippen molar-refractivity contribution in [1.29, 1.82) is 0 Å². The lowest BCUT2D eigenvalue weighted by atomic mass is 10.1. The van der Waals surface area contributed by atoms with Crippen molar-refractivity contribution in [2.75, 3.05) is 32.0 Å². The molecule has 0 fully saturated rings. The summed E-state index contributed by atoms with van der Waals surface area (Å²) in [5, 5.41) is 17.7. The number of nitrogen functional groups attached to an aromatic ring is 1. The van der Waals surface area contributed by atoms with Crippen LogP contribution in [0.1, 0.15) is 16.1 Å². The van der Waals surface area contributed by atoms with Crippen LogP contribution in [0.5, 0.6) is 0 Å². The molecule has 1 heterocycles. The van der Waals surface area contributed by atoms with Gasteiger partial charge in [-0.15, -0.1) is 0 Å². The molecule has 1 aromatic rings. The van der Waals surface area contributed by atoms with Gasteiger partial charge in [0.25, 0.3) is 5.91 Å². The monoisotopic (exact) mass is 239 g/mol. The van der Waals surface area contributed by atoms with Gasteiger partial charge in [0.05, 0.1) is 36.4 Å². The molecule has 0 radical (unpaired) electrons. The van der Waals surface area contributed by atoms with Crippen molar-refractivity contribution in [3.8, 4) is 0 Å². The molecule has 1 amide bonds. The van der Waals surface area contributed by atoms with E-state index in [0.717, 1.165) is 0 Å². The lowest BCUT2D eigenvalue weighted by Gasteiger charge is -2.21. The van der Waals surface area contributed by atoms with E-state index in [1.54, 1.807) is 13.0 Å². The summed E-state index contributed by atoms with van der Waals surface area (Å²) in [5.74, 6) is -0.287. The summed E-state index contributed by atoms with van der Waals surface area (Å²) in [4.78, 5) is 17.5. The maximum atomic E-state index is 12.1. The first kappa shape index (κ1) is 13.4. The van der Waals surface area contributed by atoms with Gasteiger partial charge in [0, 0.05) is 13.1 Å². The van der Waals surface area contributed by atoms with E-state index < -0.39 is 0 Å². The molecule has 0 unspecified atom stereocenters. The van der Waals surface area contributed by atoms with Crippen LogP contribution in [0, 0.1) is 6.92 Å². The smallest absolute Gasteiger partial charge is 0.255 e. The van der Waals surface area contributed by atoms with Crippen molar-refractivity contribution in [2.45, 2.75) is 6.92 Å². The summed E-state index contributed by atoms with van der Waals surface area (Å²) in [6.45, 7) is 1.76. The fourth-order valence-electron chi connectivity index (χ4n) is 1.49. The van der Waals surface area contributed by atoms with Gasteiger partial charge in [0.1, 0.15) is 0 Å². The van der Waals surface area contributed by atoms with Gasteiger partial charge >= 0.3 is 0 Å². The van der Waals surface area contributed by atoms with Crippen molar-refractivity contribution < 1.29 is 15.0 Å². The number of aliphatic hydroxyl groups is 2. The van der Waals surface area contributed by atoms with Crippen LogP contribution in [-0.4, -0.2) is 52.3 Å². The second kappa shape index (κ2) is 6.17. The molecule has 0 aromatic carbocycles. The van der Waals surface area contributed by atoms with Crippen LogP contribution in [0.2, 0.25) is 0 Å². The van der Waals surface area contributed by atoms with Crippen molar-refractivity contribution in [3.05, 3.63) is 23.5 Å². The maximum absolute atomic E-state index is 12.1. The molecule has 1 aromatic heterocycles. The predicted octanol–water partition coefficient (Wildman–Crippen LogP) is -0.601. The van der Waals surface area contributed by atoms with Gasteiger partial charge in [-0.3, -0.25) is 9.78 Å². The third-order valence-corrected chi connectivity index (χ3v) is 2.37. The first-order valence-electron chi connectivity index (χ1n) is 5.33.